The van der Waals surface area contributed by atoms with Gasteiger partial charge in [0.05, 0.1) is 14.9 Å². The first-order valence-corrected chi connectivity index (χ1v) is 6.75. The van der Waals surface area contributed by atoms with Gasteiger partial charge in [-0.05, 0) is 42.8 Å². The average Bonchev–Trinajstić information content (AvgIpc) is 2.83. The third-order valence-corrected chi connectivity index (χ3v) is 4.21. The van der Waals surface area contributed by atoms with Crippen LogP contribution in [0.15, 0.2) is 30.3 Å². The second kappa shape index (κ2) is 4.05. The third kappa shape index (κ3) is 1.97. The summed E-state index contributed by atoms with van der Waals surface area (Å²) >= 11 is 13.6. The van der Waals surface area contributed by atoms with Crippen molar-refractivity contribution in [1.82, 2.24) is 4.98 Å². The summed E-state index contributed by atoms with van der Waals surface area (Å²) in [6.45, 7) is 2.05. The van der Waals surface area contributed by atoms with Crippen LogP contribution in [0.4, 0.5) is 0 Å². The van der Waals surface area contributed by atoms with Crippen molar-refractivity contribution in [1.29, 1.82) is 0 Å². The van der Waals surface area contributed by atoms with Crippen LogP contribution in [-0.2, 0) is 0 Å². The molecule has 3 rings (SSSR count). The van der Waals surface area contributed by atoms with Crippen LogP contribution in [0.3, 0.4) is 0 Å². The minimum absolute atomic E-state index is 0.768. The number of rotatable bonds is 1. The van der Waals surface area contributed by atoms with Gasteiger partial charge in [0.1, 0.15) is 0 Å². The summed E-state index contributed by atoms with van der Waals surface area (Å²) in [6.07, 6.45) is 0. The molecule has 17 heavy (non-hydrogen) atoms. The summed E-state index contributed by atoms with van der Waals surface area (Å²) in [5.74, 6) is 0. The first-order valence-electron chi connectivity index (χ1n) is 5.18. The van der Waals surface area contributed by atoms with E-state index in [-0.39, 0.29) is 0 Å². The Labute approximate surface area is 113 Å². The van der Waals surface area contributed by atoms with Crippen LogP contribution < -0.4 is 0 Å². The van der Waals surface area contributed by atoms with Gasteiger partial charge in [0, 0.05) is 15.9 Å². The van der Waals surface area contributed by atoms with E-state index in [1.165, 1.54) is 0 Å². The lowest BCUT2D eigenvalue weighted by Crippen LogP contribution is -1.76. The van der Waals surface area contributed by atoms with E-state index < -0.39 is 0 Å². The van der Waals surface area contributed by atoms with Gasteiger partial charge in [-0.2, -0.15) is 0 Å². The standard InChI is InChI=1S/C13H9Cl2NS/c1-7-4-9(14)5-8-6-10(16-13(7)8)11-2-3-12(15)17-11/h2-6,16H,1H3. The van der Waals surface area contributed by atoms with Crippen molar-refractivity contribution in [2.24, 2.45) is 0 Å². The number of hydrogen-bond donors (Lipinski definition) is 1. The molecule has 0 aliphatic heterocycles. The van der Waals surface area contributed by atoms with Crippen molar-refractivity contribution in [3.63, 3.8) is 0 Å². The molecular weight excluding hydrogens is 273 g/mol. The normalized spacial score (nSPS) is 11.2. The Balaban J connectivity index is 2.23. The van der Waals surface area contributed by atoms with Gasteiger partial charge in [0.15, 0.2) is 0 Å². The lowest BCUT2D eigenvalue weighted by molar-refractivity contribution is 1.42. The lowest BCUT2D eigenvalue weighted by atomic mass is 10.2. The number of halogens is 2. The number of benzene rings is 1. The Morgan fingerprint density at radius 2 is 1.94 bits per heavy atom. The number of fused-ring (bicyclic) bond motifs is 1. The Kier molecular flexibility index (Phi) is 2.66. The average molecular weight is 282 g/mol. The maximum absolute atomic E-state index is 6.05. The quantitative estimate of drug-likeness (QED) is 0.605. The molecule has 4 heteroatoms. The molecule has 0 aliphatic rings. The van der Waals surface area contributed by atoms with Crippen molar-refractivity contribution >= 4 is 45.4 Å². The molecule has 0 amide bonds. The van der Waals surface area contributed by atoms with Crippen LogP contribution >= 0.6 is 34.5 Å². The van der Waals surface area contributed by atoms with Gasteiger partial charge in [-0.3, -0.25) is 0 Å². The zero-order chi connectivity index (χ0) is 12.0. The number of thiophene rings is 1. The van der Waals surface area contributed by atoms with E-state index in [0.29, 0.717) is 0 Å². The smallest absolute Gasteiger partial charge is 0.0935 e. The fraction of sp³-hybridized carbons (Fsp3) is 0.0769. The van der Waals surface area contributed by atoms with Crippen molar-refractivity contribution < 1.29 is 0 Å². The molecule has 0 spiro atoms. The Morgan fingerprint density at radius 1 is 1.12 bits per heavy atom. The number of hydrogen-bond acceptors (Lipinski definition) is 1. The lowest BCUT2D eigenvalue weighted by Gasteiger charge is -1.96. The number of aryl methyl sites for hydroxylation is 1. The fourth-order valence-electron chi connectivity index (χ4n) is 1.97. The van der Waals surface area contributed by atoms with Crippen LogP contribution in [0.2, 0.25) is 9.36 Å². The Bertz CT molecular complexity index is 697. The van der Waals surface area contributed by atoms with Crippen LogP contribution in [0.25, 0.3) is 21.5 Å². The van der Waals surface area contributed by atoms with Gasteiger partial charge in [-0.25, -0.2) is 0 Å². The summed E-state index contributed by atoms with van der Waals surface area (Å²) in [6, 6.07) is 9.97. The number of aromatic nitrogens is 1. The highest BCUT2D eigenvalue weighted by Crippen LogP contribution is 2.33. The van der Waals surface area contributed by atoms with Gasteiger partial charge < -0.3 is 4.98 Å². The van der Waals surface area contributed by atoms with Crippen LogP contribution in [0.5, 0.6) is 0 Å². The van der Waals surface area contributed by atoms with Gasteiger partial charge in [-0.1, -0.05) is 23.2 Å². The molecule has 0 unspecified atom stereocenters. The molecule has 0 atom stereocenters. The van der Waals surface area contributed by atoms with Gasteiger partial charge >= 0.3 is 0 Å². The minimum Gasteiger partial charge on any atom is -0.354 e. The van der Waals surface area contributed by atoms with Crippen molar-refractivity contribution in [3.8, 4) is 10.6 Å². The van der Waals surface area contributed by atoms with E-state index in [1.807, 2.05) is 24.3 Å². The SMILES string of the molecule is Cc1cc(Cl)cc2cc(-c3ccc(Cl)s3)[nH]c12. The fourth-order valence-corrected chi connectivity index (χ4v) is 3.27. The minimum atomic E-state index is 0.768. The van der Waals surface area contributed by atoms with Gasteiger partial charge in [-0.15, -0.1) is 11.3 Å². The van der Waals surface area contributed by atoms with E-state index in [9.17, 15) is 0 Å². The predicted molar refractivity (Wildman–Crippen MR) is 76.4 cm³/mol. The molecule has 0 aliphatic carbocycles. The van der Waals surface area contributed by atoms with E-state index in [2.05, 4.69) is 18.0 Å². The molecule has 2 heterocycles. The first kappa shape index (κ1) is 11.1. The van der Waals surface area contributed by atoms with E-state index in [4.69, 9.17) is 23.2 Å². The number of aromatic amines is 1. The van der Waals surface area contributed by atoms with Crippen molar-refractivity contribution in [2.75, 3.05) is 0 Å². The molecule has 2 aromatic heterocycles. The molecule has 0 saturated heterocycles. The summed E-state index contributed by atoms with van der Waals surface area (Å²) in [5.41, 5.74) is 3.37. The largest absolute Gasteiger partial charge is 0.354 e. The van der Waals surface area contributed by atoms with Crippen molar-refractivity contribution in [3.05, 3.63) is 45.3 Å². The molecule has 0 bridgehead atoms. The topological polar surface area (TPSA) is 15.8 Å². The number of nitrogens with one attached hydrogen (secondary N) is 1. The van der Waals surface area contributed by atoms with E-state index in [1.54, 1.807) is 11.3 Å². The van der Waals surface area contributed by atoms with Gasteiger partial charge in [0.2, 0.25) is 0 Å². The van der Waals surface area contributed by atoms with Crippen molar-refractivity contribution in [2.45, 2.75) is 6.92 Å². The molecule has 1 aromatic carbocycles. The molecule has 0 radical (unpaired) electrons. The maximum atomic E-state index is 6.05. The summed E-state index contributed by atoms with van der Waals surface area (Å²) in [4.78, 5) is 4.55. The van der Waals surface area contributed by atoms with Crippen LogP contribution in [0, 0.1) is 6.92 Å². The predicted octanol–water partition coefficient (Wildman–Crippen LogP) is 5.51. The Morgan fingerprint density at radius 3 is 2.65 bits per heavy atom. The second-order valence-electron chi connectivity index (χ2n) is 3.97. The second-order valence-corrected chi connectivity index (χ2v) is 6.13. The highest BCUT2D eigenvalue weighted by molar-refractivity contribution is 7.19. The summed E-state index contributed by atoms with van der Waals surface area (Å²) in [7, 11) is 0. The monoisotopic (exact) mass is 281 g/mol. The van der Waals surface area contributed by atoms with Crippen LogP contribution in [0.1, 0.15) is 5.56 Å². The number of H-pyrrole nitrogens is 1. The molecule has 86 valence electrons. The summed E-state index contributed by atoms with van der Waals surface area (Å²) in [5, 5.41) is 1.90. The molecule has 1 N–H and O–H groups in total. The molecule has 0 saturated carbocycles. The molecular formula is C13H9Cl2NS. The van der Waals surface area contributed by atoms with E-state index in [0.717, 1.165) is 36.4 Å². The van der Waals surface area contributed by atoms with E-state index >= 15 is 0 Å². The molecule has 0 fully saturated rings. The highest BCUT2D eigenvalue weighted by atomic mass is 35.5. The molecule has 1 nitrogen and oxygen atoms in total. The maximum Gasteiger partial charge on any atom is 0.0935 e. The zero-order valence-corrected chi connectivity index (χ0v) is 11.4. The van der Waals surface area contributed by atoms with Gasteiger partial charge in [0.25, 0.3) is 0 Å². The first-order chi connectivity index (χ1) is 8.13. The Hall–Kier alpha value is -0.960. The third-order valence-electron chi connectivity index (χ3n) is 2.73. The van der Waals surface area contributed by atoms with Crippen LogP contribution in [-0.4, -0.2) is 4.98 Å². The highest BCUT2D eigenvalue weighted by Gasteiger charge is 2.08. The zero-order valence-electron chi connectivity index (χ0n) is 9.05. The molecule has 3 aromatic rings. The summed E-state index contributed by atoms with van der Waals surface area (Å²) < 4.78 is 0.799.